The SMILES string of the molecule is COc1cc(N)c(Nc2ccc(Br)cc2Br)cc1OC. The van der Waals surface area contributed by atoms with Gasteiger partial charge in [0.15, 0.2) is 11.5 Å². The minimum atomic E-state index is 0.581. The predicted molar refractivity (Wildman–Crippen MR) is 89.1 cm³/mol. The van der Waals surface area contributed by atoms with E-state index in [0.717, 1.165) is 20.3 Å². The van der Waals surface area contributed by atoms with Gasteiger partial charge in [0, 0.05) is 21.1 Å². The van der Waals surface area contributed by atoms with E-state index in [9.17, 15) is 0 Å². The van der Waals surface area contributed by atoms with Crippen LogP contribution in [0.4, 0.5) is 17.1 Å². The maximum atomic E-state index is 6.03. The lowest BCUT2D eigenvalue weighted by molar-refractivity contribution is 0.355. The molecule has 2 rings (SSSR count). The zero-order valence-corrected chi connectivity index (χ0v) is 14.2. The van der Waals surface area contributed by atoms with E-state index in [2.05, 4.69) is 37.2 Å². The number of anilines is 3. The number of nitrogens with one attached hydrogen (secondary N) is 1. The van der Waals surface area contributed by atoms with Gasteiger partial charge in [-0.15, -0.1) is 0 Å². The monoisotopic (exact) mass is 400 g/mol. The molecule has 0 fully saturated rings. The van der Waals surface area contributed by atoms with Gasteiger partial charge >= 0.3 is 0 Å². The van der Waals surface area contributed by atoms with Crippen molar-refractivity contribution in [2.45, 2.75) is 0 Å². The lowest BCUT2D eigenvalue weighted by Gasteiger charge is -2.15. The van der Waals surface area contributed by atoms with Crippen molar-refractivity contribution < 1.29 is 9.47 Å². The van der Waals surface area contributed by atoms with Gasteiger partial charge in [0.05, 0.1) is 31.3 Å². The van der Waals surface area contributed by atoms with Crippen LogP contribution in [0, 0.1) is 0 Å². The van der Waals surface area contributed by atoms with Crippen LogP contribution in [0.5, 0.6) is 11.5 Å². The Morgan fingerprint density at radius 1 is 0.950 bits per heavy atom. The van der Waals surface area contributed by atoms with Gasteiger partial charge in [-0.1, -0.05) is 15.9 Å². The summed E-state index contributed by atoms with van der Waals surface area (Å²) in [7, 11) is 3.17. The number of nitrogen functional groups attached to an aromatic ring is 1. The third kappa shape index (κ3) is 3.19. The fourth-order valence-electron chi connectivity index (χ4n) is 1.74. The first-order valence-corrected chi connectivity index (χ1v) is 7.37. The molecular weight excluding hydrogens is 388 g/mol. The first-order valence-electron chi connectivity index (χ1n) is 5.78. The lowest BCUT2D eigenvalue weighted by Crippen LogP contribution is -2.00. The van der Waals surface area contributed by atoms with Crippen LogP contribution in [0.2, 0.25) is 0 Å². The van der Waals surface area contributed by atoms with Crippen LogP contribution in [-0.2, 0) is 0 Å². The van der Waals surface area contributed by atoms with Gasteiger partial charge in [-0.05, 0) is 34.1 Å². The molecule has 0 aromatic heterocycles. The van der Waals surface area contributed by atoms with Crippen LogP contribution >= 0.6 is 31.9 Å². The minimum Gasteiger partial charge on any atom is -0.493 e. The Labute approximate surface area is 134 Å². The van der Waals surface area contributed by atoms with Crippen molar-refractivity contribution in [1.29, 1.82) is 0 Å². The van der Waals surface area contributed by atoms with Crippen LogP contribution < -0.4 is 20.5 Å². The molecule has 0 saturated carbocycles. The predicted octanol–water partition coefficient (Wildman–Crippen LogP) is 4.55. The van der Waals surface area contributed by atoms with Gasteiger partial charge in [-0.2, -0.15) is 0 Å². The molecule has 6 heteroatoms. The van der Waals surface area contributed by atoms with Crippen molar-refractivity contribution >= 4 is 48.9 Å². The average Bonchev–Trinajstić information content (AvgIpc) is 2.43. The fraction of sp³-hybridized carbons (Fsp3) is 0.143. The summed E-state index contributed by atoms with van der Waals surface area (Å²) in [5.41, 5.74) is 8.27. The quantitative estimate of drug-likeness (QED) is 0.737. The normalized spacial score (nSPS) is 10.2. The molecule has 0 amide bonds. The van der Waals surface area contributed by atoms with E-state index >= 15 is 0 Å². The van der Waals surface area contributed by atoms with Crippen LogP contribution in [0.25, 0.3) is 0 Å². The van der Waals surface area contributed by atoms with Crippen molar-refractivity contribution in [3.05, 3.63) is 39.3 Å². The molecule has 20 heavy (non-hydrogen) atoms. The second-order valence-electron chi connectivity index (χ2n) is 4.04. The highest BCUT2D eigenvalue weighted by Gasteiger charge is 2.10. The van der Waals surface area contributed by atoms with E-state index in [1.165, 1.54) is 0 Å². The topological polar surface area (TPSA) is 56.5 Å². The van der Waals surface area contributed by atoms with Crippen molar-refractivity contribution in [2.24, 2.45) is 0 Å². The zero-order chi connectivity index (χ0) is 14.7. The van der Waals surface area contributed by atoms with Crippen LogP contribution in [0.1, 0.15) is 0 Å². The minimum absolute atomic E-state index is 0.581. The lowest BCUT2D eigenvalue weighted by atomic mass is 10.2. The van der Waals surface area contributed by atoms with Gasteiger partial charge in [0.25, 0.3) is 0 Å². The average molecular weight is 402 g/mol. The molecule has 3 N–H and O–H groups in total. The molecule has 0 atom stereocenters. The van der Waals surface area contributed by atoms with Crippen LogP contribution in [0.3, 0.4) is 0 Å². The highest BCUT2D eigenvalue weighted by molar-refractivity contribution is 9.11. The first kappa shape index (κ1) is 15.0. The summed E-state index contributed by atoms with van der Waals surface area (Å²) in [6, 6.07) is 9.39. The van der Waals surface area contributed by atoms with Gasteiger partial charge in [0.2, 0.25) is 0 Å². The second kappa shape index (κ2) is 6.37. The van der Waals surface area contributed by atoms with E-state index in [1.807, 2.05) is 24.3 Å². The van der Waals surface area contributed by atoms with E-state index in [4.69, 9.17) is 15.2 Å². The molecule has 4 nitrogen and oxygen atoms in total. The second-order valence-corrected chi connectivity index (χ2v) is 5.81. The van der Waals surface area contributed by atoms with E-state index in [-0.39, 0.29) is 0 Å². The number of nitrogens with two attached hydrogens (primary N) is 1. The number of ether oxygens (including phenoxy) is 2. The molecule has 2 aromatic rings. The molecule has 106 valence electrons. The summed E-state index contributed by atoms with van der Waals surface area (Å²) < 4.78 is 12.4. The Morgan fingerprint density at radius 3 is 2.20 bits per heavy atom. The van der Waals surface area contributed by atoms with Gasteiger partial charge in [-0.3, -0.25) is 0 Å². The molecule has 0 aliphatic heterocycles. The third-order valence-electron chi connectivity index (χ3n) is 2.76. The number of benzene rings is 2. The molecule has 0 saturated heterocycles. The summed E-state index contributed by atoms with van der Waals surface area (Å²) in [5, 5.41) is 3.27. The Kier molecular flexibility index (Phi) is 4.77. The summed E-state index contributed by atoms with van der Waals surface area (Å²) in [6.07, 6.45) is 0. The molecule has 0 bridgehead atoms. The molecule has 0 heterocycles. The highest BCUT2D eigenvalue weighted by Crippen LogP contribution is 2.37. The Morgan fingerprint density at radius 2 is 1.60 bits per heavy atom. The molecule has 0 unspecified atom stereocenters. The number of halogens is 2. The van der Waals surface area contributed by atoms with Crippen molar-refractivity contribution in [2.75, 3.05) is 25.3 Å². The fourth-order valence-corrected chi connectivity index (χ4v) is 2.89. The smallest absolute Gasteiger partial charge is 0.162 e. The van der Waals surface area contributed by atoms with E-state index in [0.29, 0.717) is 17.2 Å². The maximum Gasteiger partial charge on any atom is 0.162 e. The molecular formula is C14H14Br2N2O2. The Bertz CT molecular complexity index is 633. The summed E-state index contributed by atoms with van der Waals surface area (Å²) in [6.45, 7) is 0. The standard InChI is InChI=1S/C14H14Br2N2O2/c1-19-13-6-10(17)12(7-14(13)20-2)18-11-4-3-8(15)5-9(11)16/h3-7,18H,17H2,1-2H3. The van der Waals surface area contributed by atoms with Gasteiger partial charge < -0.3 is 20.5 Å². The van der Waals surface area contributed by atoms with E-state index in [1.54, 1.807) is 20.3 Å². The molecule has 0 aliphatic carbocycles. The zero-order valence-electron chi connectivity index (χ0n) is 11.0. The van der Waals surface area contributed by atoms with Crippen LogP contribution in [-0.4, -0.2) is 14.2 Å². The Hall–Kier alpha value is -1.40. The molecule has 0 spiro atoms. The summed E-state index contributed by atoms with van der Waals surface area (Å²) >= 11 is 6.92. The van der Waals surface area contributed by atoms with Crippen LogP contribution in [0.15, 0.2) is 39.3 Å². The van der Waals surface area contributed by atoms with E-state index < -0.39 is 0 Å². The van der Waals surface area contributed by atoms with Gasteiger partial charge in [0.1, 0.15) is 0 Å². The summed E-state index contributed by atoms with van der Waals surface area (Å²) in [4.78, 5) is 0. The van der Waals surface area contributed by atoms with Crippen molar-refractivity contribution in [1.82, 2.24) is 0 Å². The summed E-state index contributed by atoms with van der Waals surface area (Å²) in [5.74, 6) is 1.22. The van der Waals surface area contributed by atoms with Crippen molar-refractivity contribution in [3.63, 3.8) is 0 Å². The maximum absolute atomic E-state index is 6.03. The van der Waals surface area contributed by atoms with Crippen molar-refractivity contribution in [3.8, 4) is 11.5 Å². The number of hydrogen-bond acceptors (Lipinski definition) is 4. The largest absolute Gasteiger partial charge is 0.493 e. The first-order chi connectivity index (χ1) is 9.55. The number of hydrogen-bond donors (Lipinski definition) is 2. The molecule has 0 aliphatic rings. The molecule has 2 aromatic carbocycles. The molecule has 0 radical (unpaired) electrons. The Balaban J connectivity index is 2.38. The highest BCUT2D eigenvalue weighted by atomic mass is 79.9. The number of rotatable bonds is 4. The third-order valence-corrected chi connectivity index (χ3v) is 3.91. The van der Waals surface area contributed by atoms with Gasteiger partial charge in [-0.25, -0.2) is 0 Å². The number of methoxy groups -OCH3 is 2.